The van der Waals surface area contributed by atoms with E-state index in [1.165, 1.54) is 35.9 Å². The van der Waals surface area contributed by atoms with Crippen LogP contribution >= 0.6 is 22.9 Å². The van der Waals surface area contributed by atoms with E-state index in [0.717, 1.165) is 17.4 Å². The van der Waals surface area contributed by atoms with Gasteiger partial charge in [-0.2, -0.15) is 4.99 Å². The van der Waals surface area contributed by atoms with Gasteiger partial charge in [0.25, 0.3) is 5.91 Å². The molecule has 2 aromatic carbocycles. The van der Waals surface area contributed by atoms with Gasteiger partial charge in [0.2, 0.25) is 0 Å². The highest BCUT2D eigenvalue weighted by Gasteiger charge is 2.31. The number of thiazole rings is 1. The third-order valence-electron chi connectivity index (χ3n) is 4.27. The molecule has 0 aliphatic rings. The lowest BCUT2D eigenvalue weighted by Crippen LogP contribution is -2.28. The van der Waals surface area contributed by atoms with Crippen LogP contribution in [0.4, 0.5) is 13.2 Å². The van der Waals surface area contributed by atoms with Gasteiger partial charge < -0.3 is 14.0 Å². The number of alkyl halides is 3. The third-order valence-corrected chi connectivity index (χ3v) is 5.52. The molecule has 1 heterocycles. The molecule has 0 N–H and O–H groups in total. The molecule has 0 bridgehead atoms. The maximum atomic E-state index is 12.7. The lowest BCUT2D eigenvalue weighted by molar-refractivity contribution is -0.274. The summed E-state index contributed by atoms with van der Waals surface area (Å²) in [4.78, 5) is 29.3. The number of esters is 1. The van der Waals surface area contributed by atoms with Crippen LogP contribution in [-0.2, 0) is 9.53 Å². The van der Waals surface area contributed by atoms with E-state index in [4.69, 9.17) is 16.3 Å². The van der Waals surface area contributed by atoms with Gasteiger partial charge in [-0.25, -0.2) is 4.79 Å². The molecule has 3 aromatic rings. The zero-order valence-electron chi connectivity index (χ0n) is 16.3. The summed E-state index contributed by atoms with van der Waals surface area (Å²) in [7, 11) is 1.23. The molecule has 1 aromatic heterocycles. The van der Waals surface area contributed by atoms with Crippen LogP contribution in [0.5, 0.6) is 5.75 Å². The van der Waals surface area contributed by atoms with Crippen molar-refractivity contribution in [1.82, 2.24) is 4.57 Å². The Hall–Kier alpha value is -2.85. The molecule has 0 saturated heterocycles. The first kappa shape index (κ1) is 22.8. The zero-order chi connectivity index (χ0) is 22.8. The Morgan fingerprint density at radius 1 is 1.23 bits per heavy atom. The number of aromatic nitrogens is 1. The molecule has 164 valence electrons. The number of rotatable bonds is 5. The van der Waals surface area contributed by atoms with Crippen LogP contribution in [0.3, 0.4) is 0 Å². The fourth-order valence-electron chi connectivity index (χ4n) is 2.96. The molecule has 0 saturated carbocycles. The number of amides is 1. The Kier molecular flexibility index (Phi) is 6.71. The highest BCUT2D eigenvalue weighted by Crippen LogP contribution is 2.30. The van der Waals surface area contributed by atoms with Gasteiger partial charge in [-0.3, -0.25) is 4.79 Å². The van der Waals surface area contributed by atoms with Crippen molar-refractivity contribution < 1.29 is 32.2 Å². The highest BCUT2D eigenvalue weighted by atomic mass is 35.5. The van der Waals surface area contributed by atoms with Crippen LogP contribution in [-0.4, -0.2) is 29.9 Å². The summed E-state index contributed by atoms with van der Waals surface area (Å²) >= 11 is 6.88. The first-order valence-corrected chi connectivity index (χ1v) is 10.2. The Bertz CT molecular complexity index is 1200. The number of carbonyl (C=O) groups excluding carboxylic acids is 2. The molecule has 0 aliphatic carbocycles. The second kappa shape index (κ2) is 9.11. The van der Waals surface area contributed by atoms with Gasteiger partial charge in [-0.15, -0.1) is 13.2 Å². The monoisotopic (exact) mass is 472 g/mol. The first-order chi connectivity index (χ1) is 14.6. The molecule has 0 aliphatic heterocycles. The number of nitrogens with zero attached hydrogens (tertiary/aromatic N) is 2. The van der Waals surface area contributed by atoms with Crippen molar-refractivity contribution in [2.75, 3.05) is 7.11 Å². The van der Waals surface area contributed by atoms with E-state index in [-0.39, 0.29) is 10.4 Å². The average Bonchev–Trinajstić information content (AvgIpc) is 3.04. The molecular formula is C20H16ClF3N2O4S. The van der Waals surface area contributed by atoms with Crippen LogP contribution < -0.4 is 9.54 Å². The quantitative estimate of drug-likeness (QED) is 0.483. The summed E-state index contributed by atoms with van der Waals surface area (Å²) in [6.45, 7) is 1.74. The summed E-state index contributed by atoms with van der Waals surface area (Å²) in [5.74, 6) is -1.61. The fourth-order valence-corrected chi connectivity index (χ4v) is 4.25. The number of hydrogen-bond acceptors (Lipinski definition) is 5. The number of methoxy groups -OCH3 is 1. The molecule has 11 heteroatoms. The van der Waals surface area contributed by atoms with Crippen molar-refractivity contribution in [3.05, 3.63) is 57.9 Å². The number of hydrogen-bond donors (Lipinski definition) is 0. The molecule has 6 nitrogen and oxygen atoms in total. The van der Waals surface area contributed by atoms with Crippen molar-refractivity contribution >= 4 is 45.0 Å². The van der Waals surface area contributed by atoms with Gasteiger partial charge in [-0.1, -0.05) is 35.9 Å². The van der Waals surface area contributed by atoms with Crippen molar-refractivity contribution in [2.45, 2.75) is 25.7 Å². The smallest absolute Gasteiger partial charge is 0.467 e. The van der Waals surface area contributed by atoms with Gasteiger partial charge in [0.05, 0.1) is 17.3 Å². The van der Waals surface area contributed by atoms with Crippen LogP contribution in [0.15, 0.2) is 47.5 Å². The predicted molar refractivity (Wildman–Crippen MR) is 109 cm³/mol. The molecular weight excluding hydrogens is 457 g/mol. The molecule has 3 rings (SSSR count). The maximum Gasteiger partial charge on any atom is 0.573 e. The summed E-state index contributed by atoms with van der Waals surface area (Å²) in [5.41, 5.74) is 0.637. The van der Waals surface area contributed by atoms with Gasteiger partial charge >= 0.3 is 12.3 Å². The second-order valence-corrected chi connectivity index (χ2v) is 7.75. The minimum atomic E-state index is -4.85. The first-order valence-electron chi connectivity index (χ1n) is 8.96. The van der Waals surface area contributed by atoms with Crippen LogP contribution in [0.2, 0.25) is 5.02 Å². The molecule has 1 amide bonds. The van der Waals surface area contributed by atoms with E-state index in [2.05, 4.69) is 9.73 Å². The average molecular weight is 473 g/mol. The number of fused-ring (bicyclic) bond motifs is 1. The molecule has 1 unspecified atom stereocenters. The van der Waals surface area contributed by atoms with Crippen molar-refractivity contribution in [2.24, 2.45) is 4.99 Å². The van der Waals surface area contributed by atoms with Crippen molar-refractivity contribution in [3.8, 4) is 5.75 Å². The molecule has 0 spiro atoms. The summed E-state index contributed by atoms with van der Waals surface area (Å²) in [6, 6.07) is 9.02. The molecule has 31 heavy (non-hydrogen) atoms. The van der Waals surface area contributed by atoms with Gasteiger partial charge in [-0.05, 0) is 42.8 Å². The van der Waals surface area contributed by atoms with Crippen molar-refractivity contribution in [1.29, 1.82) is 0 Å². The second-order valence-electron chi connectivity index (χ2n) is 6.31. The van der Waals surface area contributed by atoms with Crippen LogP contribution in [0, 0.1) is 0 Å². The van der Waals surface area contributed by atoms with E-state index in [0.29, 0.717) is 21.7 Å². The highest BCUT2D eigenvalue weighted by molar-refractivity contribution is 7.16. The van der Waals surface area contributed by atoms with E-state index in [9.17, 15) is 22.8 Å². The van der Waals surface area contributed by atoms with Crippen LogP contribution in [0.1, 0.15) is 29.7 Å². The summed E-state index contributed by atoms with van der Waals surface area (Å²) in [5, 5.41) is 0.347. The topological polar surface area (TPSA) is 69.9 Å². The largest absolute Gasteiger partial charge is 0.573 e. The number of ether oxygens (including phenoxy) is 2. The normalized spacial score (nSPS) is 13.3. The van der Waals surface area contributed by atoms with E-state index in [1.54, 1.807) is 19.1 Å². The lowest BCUT2D eigenvalue weighted by Gasteiger charge is -2.16. The van der Waals surface area contributed by atoms with Gasteiger partial charge in [0.15, 0.2) is 4.80 Å². The van der Waals surface area contributed by atoms with Crippen molar-refractivity contribution in [3.63, 3.8) is 0 Å². The predicted octanol–water partition coefficient (Wildman–Crippen LogP) is 5.12. The minimum Gasteiger partial charge on any atom is -0.467 e. The Labute approximate surface area is 183 Å². The zero-order valence-corrected chi connectivity index (χ0v) is 17.8. The Morgan fingerprint density at radius 3 is 2.58 bits per heavy atom. The summed E-state index contributed by atoms with van der Waals surface area (Å²) < 4.78 is 48.4. The van der Waals surface area contributed by atoms with Gasteiger partial charge in [0, 0.05) is 10.6 Å². The number of benzene rings is 2. The third kappa shape index (κ3) is 5.26. The minimum absolute atomic E-state index is 0.126. The van der Waals surface area contributed by atoms with E-state index in [1.807, 2.05) is 0 Å². The fraction of sp³-hybridized carbons (Fsp3) is 0.250. The molecule has 0 fully saturated rings. The Balaban J connectivity index is 2.21. The Morgan fingerprint density at radius 2 is 1.97 bits per heavy atom. The number of halogens is 4. The van der Waals surface area contributed by atoms with Gasteiger partial charge in [0.1, 0.15) is 11.8 Å². The number of carbonyl (C=O) groups is 2. The molecule has 1 atom stereocenters. The van der Waals surface area contributed by atoms with E-state index >= 15 is 0 Å². The lowest BCUT2D eigenvalue weighted by atomic mass is 10.2. The molecule has 0 radical (unpaired) electrons. The van der Waals surface area contributed by atoms with E-state index < -0.39 is 30.0 Å². The maximum absolute atomic E-state index is 12.7. The summed E-state index contributed by atoms with van der Waals surface area (Å²) in [6.07, 6.45) is -4.55. The standard InChI is InChI=1S/C20H16ClF3N2O4S/c1-3-14(18(28)29-2)26-15-8-7-13(30-20(22,23)24)10-16(15)31-19(26)25-17(27)11-5-4-6-12(21)9-11/h4-10,14H,3H2,1-2H3. The van der Waals surface area contributed by atoms with Crippen LogP contribution in [0.25, 0.3) is 10.2 Å². The SMILES string of the molecule is CCC(C(=O)OC)n1c(=NC(=O)c2cccc(Cl)c2)sc2cc(OC(F)(F)F)ccc21.